The Balaban J connectivity index is 1.78. The van der Waals surface area contributed by atoms with Crippen LogP contribution in [0.5, 0.6) is 0 Å². The highest BCUT2D eigenvalue weighted by molar-refractivity contribution is 5.65. The third kappa shape index (κ3) is 12.5. The fraction of sp³-hybridized carbons (Fsp3) is 0.957. The van der Waals surface area contributed by atoms with Gasteiger partial charge < -0.3 is 14.9 Å². The summed E-state index contributed by atoms with van der Waals surface area (Å²) in [7, 11) is 0. The summed E-state index contributed by atoms with van der Waals surface area (Å²) in [6.45, 7) is 6.13. The molecule has 160 valence electrons. The fourth-order valence-electron chi connectivity index (χ4n) is 4.03. The number of hydrogen-bond donors (Lipinski definition) is 2. The van der Waals surface area contributed by atoms with Crippen LogP contribution in [-0.4, -0.2) is 35.0 Å². The van der Waals surface area contributed by atoms with E-state index in [0.29, 0.717) is 11.8 Å². The standard InChI is InChI=1S/C23H44O4/c1-19-17-23(19,3)15-13-11-9-7-5-4-6-8-10-12-14-21(25)16-22(26)18-27-20(2)24/h19,21-22,25-26H,4-18H2,1-3H3/t19?,21-,22-,23?/m0/s1. The highest BCUT2D eigenvalue weighted by atomic mass is 16.5. The molecule has 27 heavy (non-hydrogen) atoms. The number of aliphatic hydroxyl groups excluding tert-OH is 2. The molecule has 2 unspecified atom stereocenters. The molecule has 1 aliphatic carbocycles. The summed E-state index contributed by atoms with van der Waals surface area (Å²) in [5.41, 5.74) is 0.688. The predicted octanol–water partition coefficient (Wildman–Crippen LogP) is 5.39. The van der Waals surface area contributed by atoms with E-state index in [1.54, 1.807) is 0 Å². The zero-order valence-electron chi connectivity index (χ0n) is 18.0. The molecule has 0 aromatic carbocycles. The molecule has 0 spiro atoms. The molecule has 1 fully saturated rings. The summed E-state index contributed by atoms with van der Waals surface area (Å²) in [5, 5.41) is 19.6. The van der Waals surface area contributed by atoms with Gasteiger partial charge in [0, 0.05) is 13.3 Å². The fourth-order valence-corrected chi connectivity index (χ4v) is 4.03. The van der Waals surface area contributed by atoms with Crippen molar-refractivity contribution in [1.29, 1.82) is 0 Å². The molecule has 1 aliphatic rings. The quantitative estimate of drug-likeness (QED) is 0.261. The molecular weight excluding hydrogens is 340 g/mol. The maximum Gasteiger partial charge on any atom is 0.302 e. The van der Waals surface area contributed by atoms with Crippen LogP contribution in [-0.2, 0) is 9.53 Å². The summed E-state index contributed by atoms with van der Waals surface area (Å²) >= 11 is 0. The van der Waals surface area contributed by atoms with Crippen molar-refractivity contribution in [3.05, 3.63) is 0 Å². The Bertz CT molecular complexity index is 398. The van der Waals surface area contributed by atoms with Gasteiger partial charge in [0.1, 0.15) is 6.61 Å². The first-order chi connectivity index (χ1) is 12.8. The zero-order chi connectivity index (χ0) is 20.1. The van der Waals surface area contributed by atoms with Gasteiger partial charge in [-0.3, -0.25) is 4.79 Å². The second-order valence-electron chi connectivity index (χ2n) is 9.18. The van der Waals surface area contributed by atoms with Gasteiger partial charge in [0.15, 0.2) is 0 Å². The largest absolute Gasteiger partial charge is 0.463 e. The normalized spacial score (nSPS) is 23.8. The van der Waals surface area contributed by atoms with E-state index in [0.717, 1.165) is 18.8 Å². The number of unbranched alkanes of at least 4 members (excludes halogenated alkanes) is 9. The van der Waals surface area contributed by atoms with Gasteiger partial charge in [-0.05, 0) is 30.6 Å². The van der Waals surface area contributed by atoms with Crippen molar-refractivity contribution in [2.24, 2.45) is 11.3 Å². The molecular formula is C23H44O4. The smallest absolute Gasteiger partial charge is 0.302 e. The summed E-state index contributed by atoms with van der Waals surface area (Å²) in [6.07, 6.45) is 15.6. The Morgan fingerprint density at radius 2 is 1.44 bits per heavy atom. The van der Waals surface area contributed by atoms with E-state index in [9.17, 15) is 15.0 Å². The average Bonchev–Trinajstić information content (AvgIpc) is 3.20. The lowest BCUT2D eigenvalue weighted by Gasteiger charge is -2.15. The van der Waals surface area contributed by atoms with E-state index in [2.05, 4.69) is 13.8 Å². The third-order valence-corrected chi connectivity index (χ3v) is 6.36. The van der Waals surface area contributed by atoms with Crippen LogP contribution in [0.4, 0.5) is 0 Å². The number of carbonyl (C=O) groups excluding carboxylic acids is 1. The van der Waals surface area contributed by atoms with Crippen molar-refractivity contribution in [2.45, 2.75) is 123 Å². The third-order valence-electron chi connectivity index (χ3n) is 6.36. The average molecular weight is 385 g/mol. The van der Waals surface area contributed by atoms with Crippen molar-refractivity contribution in [3.63, 3.8) is 0 Å². The van der Waals surface area contributed by atoms with Gasteiger partial charge >= 0.3 is 5.97 Å². The second-order valence-corrected chi connectivity index (χ2v) is 9.18. The van der Waals surface area contributed by atoms with Gasteiger partial charge in [-0.1, -0.05) is 78.1 Å². The Labute approximate surface area is 167 Å². The van der Waals surface area contributed by atoms with Crippen LogP contribution in [0.1, 0.15) is 111 Å². The van der Waals surface area contributed by atoms with Crippen LogP contribution in [0, 0.1) is 11.3 Å². The molecule has 0 aromatic heterocycles. The van der Waals surface area contributed by atoms with Crippen molar-refractivity contribution < 1.29 is 19.7 Å². The molecule has 0 heterocycles. The highest BCUT2D eigenvalue weighted by Gasteiger charge is 2.45. The molecule has 4 heteroatoms. The highest BCUT2D eigenvalue weighted by Crippen LogP contribution is 2.55. The molecule has 0 amide bonds. The molecule has 0 radical (unpaired) electrons. The molecule has 1 saturated carbocycles. The van der Waals surface area contributed by atoms with Gasteiger partial charge in [-0.15, -0.1) is 0 Å². The Kier molecular flexibility index (Phi) is 12.3. The number of carbonyl (C=O) groups is 1. The molecule has 0 aromatic rings. The monoisotopic (exact) mass is 384 g/mol. The maximum atomic E-state index is 10.7. The van der Waals surface area contributed by atoms with E-state index < -0.39 is 18.2 Å². The number of aliphatic hydroxyl groups is 2. The zero-order valence-corrected chi connectivity index (χ0v) is 18.0. The molecule has 4 atom stereocenters. The minimum Gasteiger partial charge on any atom is -0.463 e. The first-order valence-corrected chi connectivity index (χ1v) is 11.3. The van der Waals surface area contributed by atoms with Crippen LogP contribution < -0.4 is 0 Å². The second kappa shape index (κ2) is 13.5. The minimum atomic E-state index is -0.764. The topological polar surface area (TPSA) is 66.8 Å². The van der Waals surface area contributed by atoms with Crippen molar-refractivity contribution >= 4 is 5.97 Å². The van der Waals surface area contributed by atoms with E-state index in [-0.39, 0.29) is 13.0 Å². The van der Waals surface area contributed by atoms with Crippen LogP contribution in [0.3, 0.4) is 0 Å². The predicted molar refractivity (Wildman–Crippen MR) is 111 cm³/mol. The van der Waals surface area contributed by atoms with E-state index in [1.165, 1.54) is 71.1 Å². The summed E-state index contributed by atoms with van der Waals surface area (Å²) in [5.74, 6) is 0.565. The number of rotatable bonds is 17. The summed E-state index contributed by atoms with van der Waals surface area (Å²) in [4.78, 5) is 10.7. The van der Waals surface area contributed by atoms with E-state index in [4.69, 9.17) is 4.74 Å². The lowest BCUT2D eigenvalue weighted by atomic mass is 9.97. The van der Waals surface area contributed by atoms with Gasteiger partial charge in [0.25, 0.3) is 0 Å². The maximum absolute atomic E-state index is 10.7. The Morgan fingerprint density at radius 3 is 1.93 bits per heavy atom. The molecule has 0 saturated heterocycles. The summed E-state index contributed by atoms with van der Waals surface area (Å²) in [6, 6.07) is 0. The lowest BCUT2D eigenvalue weighted by Crippen LogP contribution is -2.23. The minimum absolute atomic E-state index is 0.0230. The molecule has 4 nitrogen and oxygen atoms in total. The molecule has 2 N–H and O–H groups in total. The van der Waals surface area contributed by atoms with Gasteiger partial charge in [-0.2, -0.15) is 0 Å². The van der Waals surface area contributed by atoms with Crippen LogP contribution >= 0.6 is 0 Å². The van der Waals surface area contributed by atoms with Crippen LogP contribution in [0.15, 0.2) is 0 Å². The lowest BCUT2D eigenvalue weighted by molar-refractivity contribution is -0.144. The number of esters is 1. The van der Waals surface area contributed by atoms with Crippen LogP contribution in [0.25, 0.3) is 0 Å². The van der Waals surface area contributed by atoms with Gasteiger partial charge in [0.05, 0.1) is 12.2 Å². The van der Waals surface area contributed by atoms with Crippen LogP contribution in [0.2, 0.25) is 0 Å². The van der Waals surface area contributed by atoms with Crippen molar-refractivity contribution in [3.8, 4) is 0 Å². The Morgan fingerprint density at radius 1 is 0.963 bits per heavy atom. The van der Waals surface area contributed by atoms with Crippen molar-refractivity contribution in [1.82, 2.24) is 0 Å². The first kappa shape index (κ1) is 24.4. The summed E-state index contributed by atoms with van der Waals surface area (Å²) < 4.78 is 4.74. The molecule has 0 bridgehead atoms. The molecule has 0 aliphatic heterocycles. The number of ether oxygens (including phenoxy) is 1. The Hall–Kier alpha value is -0.610. The van der Waals surface area contributed by atoms with Gasteiger partial charge in [0.2, 0.25) is 0 Å². The first-order valence-electron chi connectivity index (χ1n) is 11.3. The SMILES string of the molecule is CC(=O)OC[C@@H](O)C[C@@H](O)CCCCCCCCCCCCC1(C)CC1C. The molecule has 1 rings (SSSR count). The van der Waals surface area contributed by atoms with Crippen molar-refractivity contribution in [2.75, 3.05) is 6.61 Å². The van der Waals surface area contributed by atoms with E-state index >= 15 is 0 Å². The number of hydrogen-bond acceptors (Lipinski definition) is 4. The van der Waals surface area contributed by atoms with E-state index in [1.807, 2.05) is 0 Å². The van der Waals surface area contributed by atoms with Gasteiger partial charge in [-0.25, -0.2) is 0 Å².